The lowest BCUT2D eigenvalue weighted by Gasteiger charge is -2.35. The third kappa shape index (κ3) is 6.52. The Hall–Kier alpha value is -2.03. The van der Waals surface area contributed by atoms with Crippen LogP contribution in [0, 0.1) is 0 Å². The summed E-state index contributed by atoms with van der Waals surface area (Å²) in [4.78, 5) is 5.06. The third-order valence-corrected chi connectivity index (χ3v) is 15.0. The van der Waals surface area contributed by atoms with E-state index < -0.39 is 16.6 Å². The molecule has 0 saturated heterocycles. The molecule has 0 amide bonds. The molecule has 0 saturated carbocycles. The quantitative estimate of drug-likeness (QED) is 0.230. The Morgan fingerprint density at radius 3 is 1.21 bits per heavy atom. The first-order chi connectivity index (χ1) is 15.8. The topological polar surface area (TPSA) is 9.23 Å². The summed E-state index contributed by atoms with van der Waals surface area (Å²) in [6.45, 7) is 9.32. The summed E-state index contributed by atoms with van der Waals surface area (Å²) >= 11 is 3.62. The average molecular weight is 503 g/mol. The normalized spacial score (nSPS) is 12.0. The van der Waals surface area contributed by atoms with Crippen LogP contribution in [0.5, 0.6) is 0 Å². The fraction of sp³-hybridized carbons (Fsp3) is 0.143. The van der Waals surface area contributed by atoms with Gasteiger partial charge in [0, 0.05) is 19.6 Å². The fourth-order valence-electron chi connectivity index (χ4n) is 3.87. The van der Waals surface area contributed by atoms with Crippen LogP contribution in [-0.4, -0.2) is 16.6 Å². The van der Waals surface area contributed by atoms with Gasteiger partial charge in [-0.2, -0.15) is 0 Å². The van der Waals surface area contributed by atoms with Crippen molar-refractivity contribution in [2.45, 2.75) is 45.8 Å². The maximum Gasteiger partial charge on any atom is 0.206 e. The fourth-order valence-corrected chi connectivity index (χ4v) is 13.9. The lowest BCUT2D eigenvalue weighted by Crippen LogP contribution is -2.57. The SMILES string of the molecule is C[Si](C)(O[Si](C)(C)c1cccc(Sc2ccccc2)c1)c1cccc(Sc2ccccc2)c1. The van der Waals surface area contributed by atoms with Gasteiger partial charge in [-0.3, -0.25) is 0 Å². The van der Waals surface area contributed by atoms with E-state index in [9.17, 15) is 0 Å². The number of hydrogen-bond acceptors (Lipinski definition) is 3. The third-order valence-electron chi connectivity index (χ3n) is 5.53. The molecule has 0 heterocycles. The summed E-state index contributed by atoms with van der Waals surface area (Å²) in [5.74, 6) is 0. The molecule has 4 aromatic rings. The van der Waals surface area contributed by atoms with Crippen molar-refractivity contribution >= 4 is 50.5 Å². The molecule has 4 aromatic carbocycles. The Morgan fingerprint density at radius 2 is 0.818 bits per heavy atom. The Morgan fingerprint density at radius 1 is 0.455 bits per heavy atom. The predicted molar refractivity (Wildman–Crippen MR) is 149 cm³/mol. The lowest BCUT2D eigenvalue weighted by molar-refractivity contribution is 0.573. The zero-order valence-corrected chi connectivity index (χ0v) is 23.3. The minimum Gasteiger partial charge on any atom is -0.449 e. The van der Waals surface area contributed by atoms with Crippen LogP contribution < -0.4 is 10.4 Å². The molecule has 33 heavy (non-hydrogen) atoms. The summed E-state index contributed by atoms with van der Waals surface area (Å²) in [6, 6.07) is 39.0. The van der Waals surface area contributed by atoms with Crippen molar-refractivity contribution in [2.75, 3.05) is 0 Å². The van der Waals surface area contributed by atoms with E-state index in [1.165, 1.54) is 30.0 Å². The monoisotopic (exact) mass is 502 g/mol. The van der Waals surface area contributed by atoms with Crippen LogP contribution in [-0.2, 0) is 4.12 Å². The molecule has 1 nitrogen and oxygen atoms in total. The highest BCUT2D eigenvalue weighted by molar-refractivity contribution is 7.99. The largest absolute Gasteiger partial charge is 0.449 e. The molecular weight excluding hydrogens is 473 g/mol. The van der Waals surface area contributed by atoms with Gasteiger partial charge in [0.05, 0.1) is 0 Å². The molecule has 5 heteroatoms. The van der Waals surface area contributed by atoms with E-state index in [0.29, 0.717) is 0 Å². The van der Waals surface area contributed by atoms with Crippen LogP contribution in [0.1, 0.15) is 0 Å². The van der Waals surface area contributed by atoms with Crippen LogP contribution in [0.15, 0.2) is 129 Å². The number of benzene rings is 4. The van der Waals surface area contributed by atoms with E-state index in [2.05, 4.69) is 135 Å². The number of rotatable bonds is 8. The van der Waals surface area contributed by atoms with Gasteiger partial charge in [0.25, 0.3) is 0 Å². The van der Waals surface area contributed by atoms with E-state index in [4.69, 9.17) is 4.12 Å². The molecule has 0 fully saturated rings. The number of hydrogen-bond donors (Lipinski definition) is 0. The van der Waals surface area contributed by atoms with Crippen LogP contribution >= 0.6 is 23.5 Å². The molecule has 168 valence electrons. The maximum absolute atomic E-state index is 7.07. The zero-order valence-electron chi connectivity index (χ0n) is 19.6. The maximum atomic E-state index is 7.07. The van der Waals surface area contributed by atoms with Crippen molar-refractivity contribution in [1.29, 1.82) is 0 Å². The first-order valence-electron chi connectivity index (χ1n) is 11.2. The van der Waals surface area contributed by atoms with Gasteiger partial charge in [-0.15, -0.1) is 0 Å². The summed E-state index contributed by atoms with van der Waals surface area (Å²) in [5, 5.41) is 2.69. The van der Waals surface area contributed by atoms with Crippen LogP contribution in [0.2, 0.25) is 26.2 Å². The standard InChI is InChI=1S/C28H30OS2Si2/c1-32(2,27-19-11-17-25(21-27)30-23-13-7-5-8-14-23)29-33(3,4)28-20-12-18-26(22-28)31-24-15-9-6-10-16-24/h5-22H,1-4H3. The molecule has 4 rings (SSSR count). The van der Waals surface area contributed by atoms with Gasteiger partial charge in [0.1, 0.15) is 0 Å². The van der Waals surface area contributed by atoms with Crippen molar-refractivity contribution in [3.8, 4) is 0 Å². The van der Waals surface area contributed by atoms with Crippen molar-refractivity contribution in [3.05, 3.63) is 109 Å². The highest BCUT2D eigenvalue weighted by Crippen LogP contribution is 2.29. The second-order valence-electron chi connectivity index (χ2n) is 9.01. The summed E-state index contributed by atoms with van der Waals surface area (Å²) < 4.78 is 7.07. The Kier molecular flexibility index (Phi) is 7.66. The van der Waals surface area contributed by atoms with Crippen LogP contribution in [0.25, 0.3) is 0 Å². The van der Waals surface area contributed by atoms with Crippen molar-refractivity contribution in [2.24, 2.45) is 0 Å². The summed E-state index contributed by atoms with van der Waals surface area (Å²) in [7, 11) is -4.19. The molecule has 0 aromatic heterocycles. The molecule has 0 aliphatic rings. The van der Waals surface area contributed by atoms with E-state index >= 15 is 0 Å². The van der Waals surface area contributed by atoms with Crippen molar-refractivity contribution in [3.63, 3.8) is 0 Å². The molecule has 0 radical (unpaired) electrons. The van der Waals surface area contributed by atoms with E-state index in [1.54, 1.807) is 0 Å². The van der Waals surface area contributed by atoms with Gasteiger partial charge < -0.3 is 4.12 Å². The van der Waals surface area contributed by atoms with Gasteiger partial charge in [-0.05, 0) is 85.1 Å². The van der Waals surface area contributed by atoms with E-state index in [-0.39, 0.29) is 0 Å². The van der Waals surface area contributed by atoms with Crippen LogP contribution in [0.3, 0.4) is 0 Å². The molecule has 0 aliphatic heterocycles. The van der Waals surface area contributed by atoms with E-state index in [0.717, 1.165) is 0 Å². The van der Waals surface area contributed by atoms with Gasteiger partial charge in [-0.25, -0.2) is 0 Å². The highest BCUT2D eigenvalue weighted by Gasteiger charge is 2.36. The van der Waals surface area contributed by atoms with Gasteiger partial charge in [0.2, 0.25) is 16.6 Å². The first-order valence-corrected chi connectivity index (χ1v) is 18.6. The molecule has 0 bridgehead atoms. The predicted octanol–water partition coefficient (Wildman–Crippen LogP) is 7.53. The minimum atomic E-state index is -2.10. The summed E-state index contributed by atoms with van der Waals surface area (Å²) in [5.41, 5.74) is 0. The lowest BCUT2D eigenvalue weighted by atomic mass is 10.4. The smallest absolute Gasteiger partial charge is 0.206 e. The van der Waals surface area contributed by atoms with Gasteiger partial charge in [-0.1, -0.05) is 84.2 Å². The Bertz CT molecular complexity index is 1100. The van der Waals surface area contributed by atoms with Crippen molar-refractivity contribution < 1.29 is 4.12 Å². The Labute approximate surface area is 208 Å². The summed E-state index contributed by atoms with van der Waals surface area (Å²) in [6.07, 6.45) is 0. The van der Waals surface area contributed by atoms with Gasteiger partial charge >= 0.3 is 0 Å². The molecule has 0 aliphatic carbocycles. The molecule has 0 spiro atoms. The van der Waals surface area contributed by atoms with Gasteiger partial charge in [0.15, 0.2) is 0 Å². The second-order valence-corrected chi connectivity index (χ2v) is 19.3. The molecular formula is C28H30OS2Si2. The van der Waals surface area contributed by atoms with Crippen LogP contribution in [0.4, 0.5) is 0 Å². The minimum absolute atomic E-state index is 1.26. The van der Waals surface area contributed by atoms with E-state index in [1.807, 2.05) is 23.5 Å². The first kappa shape index (κ1) is 24.1. The average Bonchev–Trinajstić information content (AvgIpc) is 2.80. The molecule has 0 atom stereocenters. The second kappa shape index (κ2) is 10.5. The highest BCUT2D eigenvalue weighted by atomic mass is 32.2. The van der Waals surface area contributed by atoms with Crippen molar-refractivity contribution in [1.82, 2.24) is 0 Å². The zero-order chi connectivity index (χ0) is 23.3. The molecule has 0 N–H and O–H groups in total. The molecule has 0 unspecified atom stereocenters. The Balaban J connectivity index is 1.52.